The van der Waals surface area contributed by atoms with Crippen molar-refractivity contribution in [3.05, 3.63) is 18.5 Å². The zero-order valence-corrected chi connectivity index (χ0v) is 21.7. The molecule has 7 heteroatoms. The van der Waals surface area contributed by atoms with Gasteiger partial charge in [0.2, 0.25) is 0 Å². The predicted octanol–water partition coefficient (Wildman–Crippen LogP) is 8.11. The van der Waals surface area contributed by atoms with Crippen LogP contribution in [0.2, 0.25) is 0 Å². The Morgan fingerprint density at radius 2 is 1.03 bits per heavy atom. The second-order valence-corrected chi connectivity index (χ2v) is 9.66. The molecule has 1 aromatic heterocycles. The highest BCUT2D eigenvalue weighted by molar-refractivity contribution is 5.65. The van der Waals surface area contributed by atoms with Crippen LogP contribution in [0.15, 0.2) is 18.5 Å². The Balaban J connectivity index is 2.14. The third-order valence-electron chi connectivity index (χ3n) is 5.38. The molecule has 0 radical (unpaired) electrons. The SMILES string of the molecule is CC(C)CCCCCCCOC(=O)Oc1cncc(OC(=O)OCCCCCCCC(C)C)c1. The van der Waals surface area contributed by atoms with Crippen molar-refractivity contribution in [2.24, 2.45) is 11.8 Å². The minimum atomic E-state index is -0.797. The van der Waals surface area contributed by atoms with Crippen LogP contribution in [0.3, 0.4) is 0 Å². The maximum Gasteiger partial charge on any atom is 0.513 e. The highest BCUT2D eigenvalue weighted by Crippen LogP contribution is 2.19. The van der Waals surface area contributed by atoms with Crippen LogP contribution < -0.4 is 9.47 Å². The van der Waals surface area contributed by atoms with Crippen LogP contribution in [0, 0.1) is 11.8 Å². The zero-order valence-electron chi connectivity index (χ0n) is 21.7. The normalized spacial score (nSPS) is 11.0. The van der Waals surface area contributed by atoms with Crippen LogP contribution in [0.5, 0.6) is 11.5 Å². The molecule has 0 spiro atoms. The quantitative estimate of drug-likeness (QED) is 0.155. The third-order valence-corrected chi connectivity index (χ3v) is 5.38. The average Bonchev–Trinajstić information content (AvgIpc) is 2.77. The van der Waals surface area contributed by atoms with E-state index in [0.29, 0.717) is 13.2 Å². The van der Waals surface area contributed by atoms with Crippen molar-refractivity contribution in [1.29, 1.82) is 0 Å². The fourth-order valence-corrected chi connectivity index (χ4v) is 3.44. The van der Waals surface area contributed by atoms with Crippen LogP contribution in [0.25, 0.3) is 0 Å². The summed E-state index contributed by atoms with van der Waals surface area (Å²) in [5, 5.41) is 0. The highest BCUT2D eigenvalue weighted by atomic mass is 16.7. The summed E-state index contributed by atoms with van der Waals surface area (Å²) in [6.45, 7) is 9.58. The smallest absolute Gasteiger partial charge is 0.434 e. The van der Waals surface area contributed by atoms with Gasteiger partial charge in [0.05, 0.1) is 25.6 Å². The predicted molar refractivity (Wildman–Crippen MR) is 133 cm³/mol. The molecule has 0 aromatic carbocycles. The fraction of sp³-hybridized carbons (Fsp3) is 0.741. The van der Waals surface area contributed by atoms with Crippen LogP contribution in [0.1, 0.15) is 105 Å². The van der Waals surface area contributed by atoms with E-state index in [0.717, 1.165) is 50.4 Å². The van der Waals surface area contributed by atoms with Crippen molar-refractivity contribution in [3.8, 4) is 11.5 Å². The van der Waals surface area contributed by atoms with Crippen LogP contribution >= 0.6 is 0 Å². The van der Waals surface area contributed by atoms with E-state index in [9.17, 15) is 9.59 Å². The molecule has 0 saturated carbocycles. The van der Waals surface area contributed by atoms with Gasteiger partial charge in [0.25, 0.3) is 0 Å². The van der Waals surface area contributed by atoms with Crippen molar-refractivity contribution >= 4 is 12.3 Å². The first-order valence-corrected chi connectivity index (χ1v) is 13.0. The summed E-state index contributed by atoms with van der Waals surface area (Å²) in [6.07, 6.45) is 14.5. The lowest BCUT2D eigenvalue weighted by Crippen LogP contribution is -2.13. The molecule has 1 rings (SSSR count). The van der Waals surface area contributed by atoms with E-state index in [4.69, 9.17) is 18.9 Å². The molecular weight excluding hydrogens is 434 g/mol. The number of rotatable bonds is 18. The molecule has 0 atom stereocenters. The fourth-order valence-electron chi connectivity index (χ4n) is 3.44. The van der Waals surface area contributed by atoms with E-state index in [2.05, 4.69) is 32.7 Å². The lowest BCUT2D eigenvalue weighted by Gasteiger charge is -2.08. The first kappa shape index (κ1) is 29.7. The molecular formula is C27H45NO6. The zero-order chi connectivity index (χ0) is 25.0. The molecule has 0 aliphatic rings. The maximum absolute atomic E-state index is 11.9. The van der Waals surface area contributed by atoms with Crippen molar-refractivity contribution in [2.45, 2.75) is 105 Å². The Morgan fingerprint density at radius 3 is 1.44 bits per heavy atom. The summed E-state index contributed by atoms with van der Waals surface area (Å²) in [6, 6.07) is 1.40. The minimum absolute atomic E-state index is 0.144. The highest BCUT2D eigenvalue weighted by Gasteiger charge is 2.11. The van der Waals surface area contributed by atoms with Crippen molar-refractivity contribution < 1.29 is 28.5 Å². The standard InChI is InChI=1S/C27H45NO6/c1-22(2)15-11-7-5-9-13-17-31-26(29)33-24-19-25(21-28-20-24)34-27(30)32-18-14-10-6-8-12-16-23(3)4/h19-23H,5-18H2,1-4H3. The van der Waals surface area contributed by atoms with Crippen molar-refractivity contribution in [3.63, 3.8) is 0 Å². The van der Waals surface area contributed by atoms with Gasteiger partial charge in [-0.1, -0.05) is 91.9 Å². The van der Waals surface area contributed by atoms with E-state index >= 15 is 0 Å². The molecule has 7 nitrogen and oxygen atoms in total. The summed E-state index contributed by atoms with van der Waals surface area (Å²) in [7, 11) is 0. The number of nitrogens with zero attached hydrogens (tertiary/aromatic N) is 1. The average molecular weight is 480 g/mol. The number of aromatic nitrogens is 1. The third kappa shape index (κ3) is 17.2. The Hall–Kier alpha value is -2.31. The molecule has 0 saturated heterocycles. The van der Waals surface area contributed by atoms with Gasteiger partial charge in [0.1, 0.15) is 0 Å². The van der Waals surface area contributed by atoms with Crippen molar-refractivity contribution in [1.82, 2.24) is 4.98 Å². The van der Waals surface area contributed by atoms with E-state index in [1.165, 1.54) is 57.0 Å². The maximum atomic E-state index is 11.9. The van der Waals surface area contributed by atoms with Gasteiger partial charge in [-0.05, 0) is 24.7 Å². The first-order valence-electron chi connectivity index (χ1n) is 13.0. The number of hydrogen-bond acceptors (Lipinski definition) is 7. The topological polar surface area (TPSA) is 84.0 Å². The summed E-state index contributed by atoms with van der Waals surface area (Å²) < 4.78 is 20.4. The Morgan fingerprint density at radius 1 is 0.647 bits per heavy atom. The Kier molecular flexibility index (Phi) is 16.6. The monoisotopic (exact) mass is 479 g/mol. The lowest BCUT2D eigenvalue weighted by atomic mass is 10.0. The van der Waals surface area contributed by atoms with Gasteiger partial charge in [0.15, 0.2) is 11.5 Å². The van der Waals surface area contributed by atoms with E-state index in [1.54, 1.807) is 0 Å². The van der Waals surface area contributed by atoms with Crippen LogP contribution in [-0.4, -0.2) is 30.5 Å². The van der Waals surface area contributed by atoms with Gasteiger partial charge in [-0.15, -0.1) is 0 Å². The summed E-state index contributed by atoms with van der Waals surface area (Å²) in [5.74, 6) is 1.79. The Bertz CT molecular complexity index is 624. The molecule has 0 bridgehead atoms. The van der Waals surface area contributed by atoms with Gasteiger partial charge in [0, 0.05) is 6.07 Å². The number of unbranched alkanes of at least 4 members (excludes halogenated alkanes) is 8. The number of pyridine rings is 1. The molecule has 1 heterocycles. The molecule has 194 valence electrons. The minimum Gasteiger partial charge on any atom is -0.434 e. The number of hydrogen-bond donors (Lipinski definition) is 0. The second kappa shape index (κ2) is 19.0. The summed E-state index contributed by atoms with van der Waals surface area (Å²) >= 11 is 0. The van der Waals surface area contributed by atoms with Crippen LogP contribution in [-0.2, 0) is 9.47 Å². The van der Waals surface area contributed by atoms with E-state index < -0.39 is 12.3 Å². The molecule has 0 amide bonds. The molecule has 34 heavy (non-hydrogen) atoms. The number of ether oxygens (including phenoxy) is 4. The summed E-state index contributed by atoms with van der Waals surface area (Å²) in [4.78, 5) is 27.6. The van der Waals surface area contributed by atoms with Gasteiger partial charge in [-0.2, -0.15) is 0 Å². The molecule has 0 aliphatic heterocycles. The second-order valence-electron chi connectivity index (χ2n) is 9.66. The number of carbonyl (C=O) groups excluding carboxylic acids is 2. The molecule has 0 unspecified atom stereocenters. The van der Waals surface area contributed by atoms with E-state index in [-0.39, 0.29) is 11.5 Å². The van der Waals surface area contributed by atoms with Gasteiger partial charge in [-0.25, -0.2) is 9.59 Å². The molecule has 1 aromatic rings. The summed E-state index contributed by atoms with van der Waals surface area (Å²) in [5.41, 5.74) is 0. The van der Waals surface area contributed by atoms with Crippen molar-refractivity contribution in [2.75, 3.05) is 13.2 Å². The first-order chi connectivity index (χ1) is 16.4. The Labute approximate surface area is 205 Å². The van der Waals surface area contributed by atoms with Gasteiger partial charge < -0.3 is 18.9 Å². The van der Waals surface area contributed by atoms with E-state index in [1.807, 2.05) is 0 Å². The molecule has 0 fully saturated rings. The number of carbonyl (C=O) groups is 2. The van der Waals surface area contributed by atoms with Gasteiger partial charge >= 0.3 is 12.3 Å². The van der Waals surface area contributed by atoms with Crippen LogP contribution in [0.4, 0.5) is 9.59 Å². The lowest BCUT2D eigenvalue weighted by molar-refractivity contribution is 0.0957. The molecule has 0 aliphatic carbocycles. The molecule has 0 N–H and O–H groups in total. The van der Waals surface area contributed by atoms with Gasteiger partial charge in [-0.3, -0.25) is 4.98 Å². The largest absolute Gasteiger partial charge is 0.513 e.